The molecule has 0 aliphatic heterocycles. The van der Waals surface area contributed by atoms with E-state index in [1.54, 1.807) is 19.1 Å². The van der Waals surface area contributed by atoms with Crippen molar-refractivity contribution >= 4 is 17.6 Å². The number of rotatable bonds is 6. The van der Waals surface area contributed by atoms with Crippen molar-refractivity contribution in [1.82, 2.24) is 16.0 Å². The first-order valence-corrected chi connectivity index (χ1v) is 7.78. The number of anilines is 1. The van der Waals surface area contributed by atoms with Crippen molar-refractivity contribution in [3.05, 3.63) is 46.7 Å². The fraction of sp³-hybridized carbons (Fsp3) is 0.353. The zero-order valence-corrected chi connectivity index (χ0v) is 14.3. The van der Waals surface area contributed by atoms with E-state index in [0.717, 1.165) is 11.1 Å². The largest absolute Gasteiger partial charge is 0.360 e. The van der Waals surface area contributed by atoms with Gasteiger partial charge in [-0.2, -0.15) is 0 Å². The highest BCUT2D eigenvalue weighted by atomic mass is 16.5. The van der Waals surface area contributed by atoms with Crippen LogP contribution in [-0.4, -0.2) is 23.0 Å². The van der Waals surface area contributed by atoms with Gasteiger partial charge in [0.2, 0.25) is 5.91 Å². The van der Waals surface area contributed by atoms with Crippen molar-refractivity contribution in [2.75, 3.05) is 5.32 Å². The topological polar surface area (TPSA) is 96.3 Å². The van der Waals surface area contributed by atoms with Crippen LogP contribution in [0.4, 0.5) is 5.82 Å². The van der Waals surface area contributed by atoms with Crippen LogP contribution in [0.2, 0.25) is 0 Å². The molecule has 1 atom stereocenters. The van der Waals surface area contributed by atoms with Gasteiger partial charge in [0.05, 0.1) is 0 Å². The molecule has 128 valence electrons. The number of aryl methyl sites for hydroxylation is 3. The van der Waals surface area contributed by atoms with Crippen LogP contribution in [0.25, 0.3) is 0 Å². The molecule has 1 aromatic heterocycles. The normalized spacial score (nSPS) is 11.8. The number of nitrogens with one attached hydrogen (secondary N) is 3. The van der Waals surface area contributed by atoms with Crippen molar-refractivity contribution in [2.45, 2.75) is 40.2 Å². The Kier molecular flexibility index (Phi) is 5.70. The first-order chi connectivity index (χ1) is 11.4. The summed E-state index contributed by atoms with van der Waals surface area (Å²) in [5, 5.41) is 6.35. The van der Waals surface area contributed by atoms with Gasteiger partial charge in [0.25, 0.3) is 5.91 Å². The first-order valence-electron chi connectivity index (χ1n) is 7.78. The fourth-order valence-corrected chi connectivity index (χ4v) is 2.28. The zero-order valence-electron chi connectivity index (χ0n) is 14.3. The molecule has 0 radical (unpaired) electrons. The van der Waals surface area contributed by atoms with Gasteiger partial charge in [-0.3, -0.25) is 15.0 Å². The summed E-state index contributed by atoms with van der Waals surface area (Å²) in [6, 6.07) is 6.61. The molecule has 0 spiro atoms. The van der Waals surface area contributed by atoms with Gasteiger partial charge in [-0.25, -0.2) is 5.43 Å². The van der Waals surface area contributed by atoms with E-state index in [1.165, 1.54) is 0 Å². The summed E-state index contributed by atoms with van der Waals surface area (Å²) in [5.74, 6) is 0.371. The van der Waals surface area contributed by atoms with Crippen LogP contribution in [0.3, 0.4) is 0 Å². The van der Waals surface area contributed by atoms with Crippen molar-refractivity contribution in [2.24, 2.45) is 0 Å². The standard InChI is InChI=1S/C17H22N4O3/c1-5-14(17(23)18-15-9-12(4)24-21-15)19-20-16(22)13-7-6-10(2)8-11(13)3/h6-9,14,19H,5H2,1-4H3,(H,20,22)(H,18,21,23)/t14-/m1/s1. The predicted octanol–water partition coefficient (Wildman–Crippen LogP) is 2.25. The molecule has 0 saturated carbocycles. The zero-order chi connectivity index (χ0) is 17.7. The van der Waals surface area contributed by atoms with Crippen molar-refractivity contribution in [1.29, 1.82) is 0 Å². The number of carbonyl (C=O) groups is 2. The maximum atomic E-state index is 12.2. The summed E-state index contributed by atoms with van der Waals surface area (Å²) < 4.78 is 4.90. The minimum atomic E-state index is -0.586. The third kappa shape index (κ3) is 4.42. The highest BCUT2D eigenvalue weighted by Gasteiger charge is 2.19. The fourth-order valence-electron chi connectivity index (χ4n) is 2.28. The van der Waals surface area contributed by atoms with Gasteiger partial charge in [0, 0.05) is 11.6 Å². The molecule has 2 rings (SSSR count). The molecule has 3 N–H and O–H groups in total. The molecule has 24 heavy (non-hydrogen) atoms. The lowest BCUT2D eigenvalue weighted by Gasteiger charge is -2.17. The molecule has 0 unspecified atom stereocenters. The average molecular weight is 330 g/mol. The minimum Gasteiger partial charge on any atom is -0.360 e. The molecule has 1 aromatic carbocycles. The van der Waals surface area contributed by atoms with Gasteiger partial charge in [-0.1, -0.05) is 29.8 Å². The summed E-state index contributed by atoms with van der Waals surface area (Å²) >= 11 is 0. The second kappa shape index (κ2) is 7.74. The van der Waals surface area contributed by atoms with Crippen LogP contribution in [0.1, 0.15) is 40.6 Å². The third-order valence-electron chi connectivity index (χ3n) is 3.59. The van der Waals surface area contributed by atoms with Crippen LogP contribution < -0.4 is 16.2 Å². The van der Waals surface area contributed by atoms with Crippen molar-refractivity contribution in [3.8, 4) is 0 Å². The van der Waals surface area contributed by atoms with E-state index in [0.29, 0.717) is 23.6 Å². The predicted molar refractivity (Wildman–Crippen MR) is 90.5 cm³/mol. The third-order valence-corrected chi connectivity index (χ3v) is 3.59. The number of hydrazine groups is 1. The lowest BCUT2D eigenvalue weighted by atomic mass is 10.1. The second-order valence-electron chi connectivity index (χ2n) is 5.69. The van der Waals surface area contributed by atoms with Crippen molar-refractivity contribution < 1.29 is 14.1 Å². The van der Waals surface area contributed by atoms with Crippen LogP contribution in [0, 0.1) is 20.8 Å². The highest BCUT2D eigenvalue weighted by Crippen LogP contribution is 2.10. The van der Waals surface area contributed by atoms with Crippen LogP contribution in [-0.2, 0) is 4.79 Å². The second-order valence-corrected chi connectivity index (χ2v) is 5.69. The Labute approximate surface area is 140 Å². The molecular weight excluding hydrogens is 308 g/mol. The Bertz CT molecular complexity index is 739. The van der Waals surface area contributed by atoms with E-state index in [1.807, 2.05) is 32.9 Å². The SMILES string of the molecule is CC[C@@H](NNC(=O)c1ccc(C)cc1C)C(=O)Nc1cc(C)on1. The number of benzene rings is 1. The summed E-state index contributed by atoms with van der Waals surface area (Å²) in [5.41, 5.74) is 7.89. The van der Waals surface area contributed by atoms with E-state index < -0.39 is 6.04 Å². The van der Waals surface area contributed by atoms with Crippen LogP contribution in [0.15, 0.2) is 28.8 Å². The molecule has 0 fully saturated rings. The quantitative estimate of drug-likeness (QED) is 0.706. The highest BCUT2D eigenvalue weighted by molar-refractivity contribution is 5.97. The van der Waals surface area contributed by atoms with Gasteiger partial charge < -0.3 is 9.84 Å². The van der Waals surface area contributed by atoms with E-state index in [2.05, 4.69) is 21.3 Å². The molecule has 0 bridgehead atoms. The van der Waals surface area contributed by atoms with Gasteiger partial charge in [0.15, 0.2) is 5.82 Å². The maximum absolute atomic E-state index is 12.2. The molecule has 7 heteroatoms. The molecule has 0 aliphatic rings. The summed E-state index contributed by atoms with van der Waals surface area (Å²) in [4.78, 5) is 24.5. The Balaban J connectivity index is 1.94. The summed E-state index contributed by atoms with van der Waals surface area (Å²) in [6.07, 6.45) is 0.496. The molecule has 2 aromatic rings. The van der Waals surface area contributed by atoms with Crippen molar-refractivity contribution in [3.63, 3.8) is 0 Å². The Hall–Kier alpha value is -2.67. The van der Waals surface area contributed by atoms with E-state index in [4.69, 9.17) is 4.52 Å². The number of carbonyl (C=O) groups excluding carboxylic acids is 2. The molecule has 7 nitrogen and oxygen atoms in total. The molecule has 1 heterocycles. The van der Waals surface area contributed by atoms with Gasteiger partial charge in [-0.05, 0) is 38.8 Å². The van der Waals surface area contributed by atoms with E-state index >= 15 is 0 Å². The molecular formula is C17H22N4O3. The maximum Gasteiger partial charge on any atom is 0.265 e. The average Bonchev–Trinajstić information content (AvgIpc) is 2.92. The molecule has 0 aliphatic carbocycles. The number of aromatic nitrogens is 1. The smallest absolute Gasteiger partial charge is 0.265 e. The Morgan fingerprint density at radius 1 is 1.21 bits per heavy atom. The lowest BCUT2D eigenvalue weighted by Crippen LogP contribution is -2.49. The lowest BCUT2D eigenvalue weighted by molar-refractivity contribution is -0.118. The number of hydrogen-bond acceptors (Lipinski definition) is 5. The van der Waals surface area contributed by atoms with E-state index in [9.17, 15) is 9.59 Å². The number of amides is 2. The van der Waals surface area contributed by atoms with Gasteiger partial charge in [-0.15, -0.1) is 0 Å². The van der Waals surface area contributed by atoms with Gasteiger partial charge >= 0.3 is 0 Å². The number of nitrogens with zero attached hydrogens (tertiary/aromatic N) is 1. The summed E-state index contributed by atoms with van der Waals surface area (Å²) in [6.45, 7) is 7.42. The minimum absolute atomic E-state index is 0.281. The van der Waals surface area contributed by atoms with Gasteiger partial charge in [0.1, 0.15) is 11.8 Å². The Morgan fingerprint density at radius 3 is 2.54 bits per heavy atom. The molecule has 0 saturated heterocycles. The monoisotopic (exact) mass is 330 g/mol. The Morgan fingerprint density at radius 2 is 1.96 bits per heavy atom. The summed E-state index contributed by atoms with van der Waals surface area (Å²) in [7, 11) is 0. The first kappa shape index (κ1) is 17.7. The molecule has 2 amide bonds. The van der Waals surface area contributed by atoms with E-state index in [-0.39, 0.29) is 11.8 Å². The van der Waals surface area contributed by atoms with Crippen LogP contribution >= 0.6 is 0 Å². The number of hydrogen-bond donors (Lipinski definition) is 3. The van der Waals surface area contributed by atoms with Crippen LogP contribution in [0.5, 0.6) is 0 Å².